The lowest BCUT2D eigenvalue weighted by Crippen LogP contribution is -2.51. The summed E-state index contributed by atoms with van der Waals surface area (Å²) in [6.45, 7) is 1.53. The number of anilines is 1. The van der Waals surface area contributed by atoms with Gasteiger partial charge in [0, 0.05) is 23.1 Å². The number of fused-ring (bicyclic) bond motifs is 1. The summed E-state index contributed by atoms with van der Waals surface area (Å²) in [6, 6.07) is 11.0. The summed E-state index contributed by atoms with van der Waals surface area (Å²) in [5, 5.41) is 13.2. The predicted octanol–water partition coefficient (Wildman–Crippen LogP) is 4.95. The van der Waals surface area contributed by atoms with E-state index in [9.17, 15) is 27.6 Å². The number of nitrogens with zero attached hydrogens (tertiary/aromatic N) is 3. The molecule has 3 unspecified atom stereocenters. The van der Waals surface area contributed by atoms with Crippen molar-refractivity contribution in [1.82, 2.24) is 15.3 Å². The standard InChI is InChI=1S/C24H21F4N5O/c1-23(16-6-2-4-15(16)12-29,20-18(30)11-17(21(25)32-20)24(26,27)28)33-22(34)14-7-8-19-13(10-14)5-3-9-31-19/h3,5,7-11,15-16H,2,4,6,30H2,1H3,(H,33,34). The summed E-state index contributed by atoms with van der Waals surface area (Å²) in [7, 11) is 0. The van der Waals surface area contributed by atoms with Crippen molar-refractivity contribution in [3.05, 3.63) is 65.4 Å². The fourth-order valence-corrected chi connectivity index (χ4v) is 4.78. The number of hydrogen-bond acceptors (Lipinski definition) is 5. The SMILES string of the molecule is CC(NC(=O)c1ccc2ncccc2c1)(c1nc(F)c(C(F)(F)F)cc1N)C1CCCC1C#N. The average molecular weight is 471 g/mol. The molecule has 6 nitrogen and oxygen atoms in total. The molecule has 1 amide bonds. The number of rotatable bonds is 4. The van der Waals surface area contributed by atoms with Crippen molar-refractivity contribution in [2.24, 2.45) is 11.8 Å². The number of carbonyl (C=O) groups excluding carboxylic acids is 1. The molecule has 176 valence electrons. The van der Waals surface area contributed by atoms with Gasteiger partial charge in [-0.2, -0.15) is 22.8 Å². The number of alkyl halides is 3. The number of nitrogen functional groups attached to an aromatic ring is 1. The van der Waals surface area contributed by atoms with Gasteiger partial charge in [-0.05, 0) is 50.1 Å². The minimum Gasteiger partial charge on any atom is -0.397 e. The Morgan fingerprint density at radius 1 is 1.24 bits per heavy atom. The van der Waals surface area contributed by atoms with Gasteiger partial charge in [-0.3, -0.25) is 9.78 Å². The van der Waals surface area contributed by atoms with Gasteiger partial charge in [-0.25, -0.2) is 4.98 Å². The predicted molar refractivity (Wildman–Crippen MR) is 117 cm³/mol. The van der Waals surface area contributed by atoms with Crippen molar-refractivity contribution in [2.45, 2.75) is 37.9 Å². The van der Waals surface area contributed by atoms with E-state index in [1.807, 2.05) is 0 Å². The Morgan fingerprint density at radius 2 is 2.00 bits per heavy atom. The Hall–Kier alpha value is -3.74. The van der Waals surface area contributed by atoms with Crippen LogP contribution in [0.15, 0.2) is 42.6 Å². The van der Waals surface area contributed by atoms with Crippen LogP contribution in [-0.2, 0) is 11.7 Å². The van der Waals surface area contributed by atoms with Gasteiger partial charge in [0.15, 0.2) is 0 Å². The Labute approximate surface area is 192 Å². The molecule has 0 aliphatic heterocycles. The Bertz CT molecular complexity index is 1300. The van der Waals surface area contributed by atoms with Gasteiger partial charge >= 0.3 is 6.18 Å². The second kappa shape index (κ2) is 8.56. The highest BCUT2D eigenvalue weighted by Crippen LogP contribution is 2.46. The van der Waals surface area contributed by atoms with Gasteiger partial charge in [0.05, 0.1) is 34.4 Å². The van der Waals surface area contributed by atoms with E-state index < -0.39 is 46.7 Å². The summed E-state index contributed by atoms with van der Waals surface area (Å²) in [6.07, 6.45) is -1.67. The summed E-state index contributed by atoms with van der Waals surface area (Å²) in [5.41, 5.74) is 3.16. The van der Waals surface area contributed by atoms with E-state index in [-0.39, 0.29) is 11.3 Å². The van der Waals surface area contributed by atoms with E-state index in [2.05, 4.69) is 21.4 Å². The van der Waals surface area contributed by atoms with E-state index >= 15 is 0 Å². The van der Waals surface area contributed by atoms with Crippen LogP contribution in [0.1, 0.15) is 47.8 Å². The van der Waals surface area contributed by atoms with Gasteiger partial charge in [0.2, 0.25) is 5.95 Å². The highest BCUT2D eigenvalue weighted by Gasteiger charge is 2.47. The number of nitriles is 1. The number of pyridine rings is 2. The van der Waals surface area contributed by atoms with Crippen LogP contribution >= 0.6 is 0 Å². The second-order valence-electron chi connectivity index (χ2n) is 8.60. The first-order chi connectivity index (χ1) is 16.0. The smallest absolute Gasteiger partial charge is 0.397 e. The number of hydrogen-bond donors (Lipinski definition) is 2. The largest absolute Gasteiger partial charge is 0.420 e. The fraction of sp³-hybridized carbons (Fsp3) is 0.333. The van der Waals surface area contributed by atoms with Crippen molar-refractivity contribution < 1.29 is 22.4 Å². The number of halogens is 4. The molecule has 0 radical (unpaired) electrons. The molecule has 0 saturated heterocycles. The van der Waals surface area contributed by atoms with Crippen LogP contribution in [0.5, 0.6) is 0 Å². The minimum absolute atomic E-state index is 0.235. The van der Waals surface area contributed by atoms with Crippen LogP contribution in [0.2, 0.25) is 0 Å². The van der Waals surface area contributed by atoms with Gasteiger partial charge in [-0.1, -0.05) is 12.5 Å². The van der Waals surface area contributed by atoms with Crippen LogP contribution in [0.4, 0.5) is 23.2 Å². The quantitative estimate of drug-likeness (QED) is 0.414. The van der Waals surface area contributed by atoms with Crippen molar-refractivity contribution >= 4 is 22.5 Å². The maximum atomic E-state index is 14.5. The van der Waals surface area contributed by atoms with E-state index in [1.54, 1.807) is 36.5 Å². The zero-order chi connectivity index (χ0) is 24.7. The van der Waals surface area contributed by atoms with E-state index in [4.69, 9.17) is 5.73 Å². The van der Waals surface area contributed by atoms with Crippen LogP contribution in [0.25, 0.3) is 10.9 Å². The van der Waals surface area contributed by atoms with E-state index in [0.29, 0.717) is 36.2 Å². The first-order valence-electron chi connectivity index (χ1n) is 10.6. The molecular weight excluding hydrogens is 450 g/mol. The number of aromatic nitrogens is 2. The van der Waals surface area contributed by atoms with Crippen LogP contribution in [0.3, 0.4) is 0 Å². The van der Waals surface area contributed by atoms with E-state index in [1.165, 1.54) is 6.92 Å². The normalized spacial score (nSPS) is 20.0. The fourth-order valence-electron chi connectivity index (χ4n) is 4.78. The van der Waals surface area contributed by atoms with Gasteiger partial charge < -0.3 is 11.1 Å². The molecule has 10 heteroatoms. The number of benzene rings is 1. The molecular formula is C24H21F4N5O. The highest BCUT2D eigenvalue weighted by molar-refractivity contribution is 5.98. The van der Waals surface area contributed by atoms with Crippen LogP contribution in [-0.4, -0.2) is 15.9 Å². The summed E-state index contributed by atoms with van der Waals surface area (Å²) in [4.78, 5) is 21.1. The second-order valence-corrected chi connectivity index (χ2v) is 8.60. The molecule has 4 rings (SSSR count). The molecule has 2 aromatic heterocycles. The number of nitrogens with one attached hydrogen (secondary N) is 1. The first-order valence-corrected chi connectivity index (χ1v) is 10.6. The van der Waals surface area contributed by atoms with Gasteiger partial charge in [-0.15, -0.1) is 0 Å². The zero-order valence-corrected chi connectivity index (χ0v) is 18.2. The molecule has 1 aliphatic rings. The lowest BCUT2D eigenvalue weighted by atomic mass is 9.75. The molecule has 3 atom stereocenters. The number of carbonyl (C=O) groups is 1. The third-order valence-corrected chi connectivity index (χ3v) is 6.46. The lowest BCUT2D eigenvalue weighted by Gasteiger charge is -2.38. The molecule has 3 aromatic rings. The summed E-state index contributed by atoms with van der Waals surface area (Å²) in [5.74, 6) is -3.34. The van der Waals surface area contributed by atoms with E-state index in [0.717, 1.165) is 0 Å². The maximum absolute atomic E-state index is 14.5. The monoisotopic (exact) mass is 471 g/mol. The Morgan fingerprint density at radius 3 is 2.71 bits per heavy atom. The molecule has 0 bridgehead atoms. The molecule has 1 aliphatic carbocycles. The van der Waals surface area contributed by atoms with Crippen molar-refractivity contribution in [2.75, 3.05) is 5.73 Å². The molecule has 3 N–H and O–H groups in total. The van der Waals surface area contributed by atoms with Crippen LogP contribution < -0.4 is 11.1 Å². The third kappa shape index (κ3) is 4.14. The topological polar surface area (TPSA) is 105 Å². The third-order valence-electron chi connectivity index (χ3n) is 6.46. The highest BCUT2D eigenvalue weighted by atomic mass is 19.4. The molecule has 1 aromatic carbocycles. The molecule has 1 fully saturated rings. The number of nitrogens with two attached hydrogens (primary N) is 1. The minimum atomic E-state index is -4.98. The lowest BCUT2D eigenvalue weighted by molar-refractivity contribution is -0.140. The molecule has 0 spiro atoms. The molecule has 34 heavy (non-hydrogen) atoms. The summed E-state index contributed by atoms with van der Waals surface area (Å²) < 4.78 is 54.0. The van der Waals surface area contributed by atoms with Crippen molar-refractivity contribution in [3.63, 3.8) is 0 Å². The number of amides is 1. The molecule has 1 saturated carbocycles. The van der Waals surface area contributed by atoms with Gasteiger partial charge in [0.25, 0.3) is 5.91 Å². The summed E-state index contributed by atoms with van der Waals surface area (Å²) >= 11 is 0. The van der Waals surface area contributed by atoms with Gasteiger partial charge in [0.1, 0.15) is 5.56 Å². The Kier molecular flexibility index (Phi) is 5.89. The Balaban J connectivity index is 1.80. The molecule has 2 heterocycles. The van der Waals surface area contributed by atoms with Crippen LogP contribution in [0, 0.1) is 29.1 Å². The van der Waals surface area contributed by atoms with Crippen molar-refractivity contribution in [1.29, 1.82) is 5.26 Å². The van der Waals surface area contributed by atoms with Crippen molar-refractivity contribution in [3.8, 4) is 6.07 Å². The zero-order valence-electron chi connectivity index (χ0n) is 18.2. The average Bonchev–Trinajstić information content (AvgIpc) is 3.29. The first kappa shape index (κ1) is 23.4. The maximum Gasteiger partial charge on any atom is 0.420 e.